The number of rotatable bonds is 3. The van der Waals surface area contributed by atoms with E-state index >= 15 is 0 Å². The lowest BCUT2D eigenvalue weighted by molar-refractivity contribution is 0.112. The zero-order valence-electron chi connectivity index (χ0n) is 11.4. The van der Waals surface area contributed by atoms with Crippen LogP contribution in [-0.4, -0.2) is 10.9 Å². The summed E-state index contributed by atoms with van der Waals surface area (Å²) >= 11 is 6.32. The molecule has 0 saturated carbocycles. The molecular formula is C17H13ClFNO. The van der Waals surface area contributed by atoms with Crippen LogP contribution in [-0.2, 0) is 6.54 Å². The molecule has 0 fully saturated rings. The maximum Gasteiger partial charge on any atom is 0.153 e. The summed E-state index contributed by atoms with van der Waals surface area (Å²) in [6.07, 6.45) is 0.752. The minimum Gasteiger partial charge on any atom is -0.326 e. The Morgan fingerprint density at radius 3 is 2.71 bits per heavy atom. The highest BCUT2D eigenvalue weighted by molar-refractivity contribution is 6.34. The van der Waals surface area contributed by atoms with Crippen molar-refractivity contribution in [1.82, 2.24) is 4.57 Å². The molecule has 0 aliphatic heterocycles. The van der Waals surface area contributed by atoms with Crippen LogP contribution in [0.3, 0.4) is 0 Å². The number of fused-ring (bicyclic) bond motifs is 1. The third-order valence-electron chi connectivity index (χ3n) is 3.60. The van der Waals surface area contributed by atoms with Gasteiger partial charge in [0.05, 0.1) is 17.6 Å². The van der Waals surface area contributed by atoms with Gasteiger partial charge in [0, 0.05) is 10.9 Å². The van der Waals surface area contributed by atoms with Crippen molar-refractivity contribution in [2.45, 2.75) is 13.5 Å². The van der Waals surface area contributed by atoms with E-state index in [1.54, 1.807) is 22.8 Å². The van der Waals surface area contributed by atoms with Crippen LogP contribution in [0, 0.1) is 12.7 Å². The van der Waals surface area contributed by atoms with Gasteiger partial charge in [0.1, 0.15) is 11.0 Å². The van der Waals surface area contributed by atoms with Crippen molar-refractivity contribution in [3.63, 3.8) is 0 Å². The van der Waals surface area contributed by atoms with Crippen LogP contribution in [0.15, 0.2) is 42.5 Å². The lowest BCUT2D eigenvalue weighted by atomic mass is 10.1. The maximum absolute atomic E-state index is 13.8. The van der Waals surface area contributed by atoms with E-state index in [0.29, 0.717) is 22.8 Å². The fraction of sp³-hybridized carbons (Fsp3) is 0.118. The average molecular weight is 302 g/mol. The Kier molecular flexibility index (Phi) is 3.52. The molecule has 2 aromatic carbocycles. The second kappa shape index (κ2) is 5.34. The molecule has 0 unspecified atom stereocenters. The lowest BCUT2D eigenvalue weighted by Gasteiger charge is -2.08. The largest absolute Gasteiger partial charge is 0.326 e. The zero-order valence-corrected chi connectivity index (χ0v) is 12.2. The average Bonchev–Trinajstić information content (AvgIpc) is 2.73. The van der Waals surface area contributed by atoms with Gasteiger partial charge in [0.15, 0.2) is 6.29 Å². The number of halogens is 2. The Labute approximate surface area is 126 Å². The van der Waals surface area contributed by atoms with E-state index in [9.17, 15) is 9.18 Å². The second-order valence-electron chi connectivity index (χ2n) is 5.02. The first-order valence-corrected chi connectivity index (χ1v) is 6.96. The zero-order chi connectivity index (χ0) is 15.0. The van der Waals surface area contributed by atoms with Crippen molar-refractivity contribution < 1.29 is 9.18 Å². The molecule has 3 rings (SSSR count). The van der Waals surface area contributed by atoms with Crippen molar-refractivity contribution in [2.24, 2.45) is 0 Å². The van der Waals surface area contributed by atoms with E-state index in [2.05, 4.69) is 0 Å². The smallest absolute Gasteiger partial charge is 0.153 e. The SMILES string of the molecule is Cc1ccc2c(c1)c(C=O)c(Cl)n2Cc1ccccc1F. The highest BCUT2D eigenvalue weighted by Crippen LogP contribution is 2.30. The minimum absolute atomic E-state index is 0.282. The normalized spacial score (nSPS) is 11.0. The van der Waals surface area contributed by atoms with Crippen LogP contribution >= 0.6 is 11.6 Å². The third-order valence-corrected chi connectivity index (χ3v) is 4.00. The molecule has 106 valence electrons. The van der Waals surface area contributed by atoms with Crippen LogP contribution < -0.4 is 0 Å². The molecule has 0 amide bonds. The van der Waals surface area contributed by atoms with E-state index < -0.39 is 0 Å². The van der Waals surface area contributed by atoms with Crippen LogP contribution in [0.5, 0.6) is 0 Å². The first-order valence-electron chi connectivity index (χ1n) is 6.58. The molecule has 0 aliphatic carbocycles. The van der Waals surface area contributed by atoms with Crippen LogP contribution in [0.1, 0.15) is 21.5 Å². The quantitative estimate of drug-likeness (QED) is 0.648. The fourth-order valence-corrected chi connectivity index (χ4v) is 2.82. The topological polar surface area (TPSA) is 22.0 Å². The Hall–Kier alpha value is -2.13. The molecule has 0 aliphatic rings. The van der Waals surface area contributed by atoms with Crippen LogP contribution in [0.25, 0.3) is 10.9 Å². The van der Waals surface area contributed by atoms with Crippen LogP contribution in [0.4, 0.5) is 4.39 Å². The molecular weight excluding hydrogens is 289 g/mol. The van der Waals surface area contributed by atoms with E-state index in [0.717, 1.165) is 22.8 Å². The summed E-state index contributed by atoms with van der Waals surface area (Å²) in [6, 6.07) is 12.3. The monoisotopic (exact) mass is 301 g/mol. The minimum atomic E-state index is -0.282. The van der Waals surface area contributed by atoms with Gasteiger partial charge in [-0.05, 0) is 25.1 Å². The van der Waals surface area contributed by atoms with Crippen molar-refractivity contribution in [2.75, 3.05) is 0 Å². The number of benzene rings is 2. The highest BCUT2D eigenvalue weighted by atomic mass is 35.5. The molecule has 1 aromatic heterocycles. The fourth-order valence-electron chi connectivity index (χ4n) is 2.53. The number of aldehydes is 1. The van der Waals surface area contributed by atoms with Gasteiger partial charge in [0.2, 0.25) is 0 Å². The van der Waals surface area contributed by atoms with Crippen molar-refractivity contribution >= 4 is 28.8 Å². The predicted molar refractivity (Wildman–Crippen MR) is 82.6 cm³/mol. The Bertz CT molecular complexity index is 838. The van der Waals surface area contributed by atoms with E-state index in [-0.39, 0.29) is 5.82 Å². The lowest BCUT2D eigenvalue weighted by Crippen LogP contribution is -2.02. The predicted octanol–water partition coefficient (Wildman–Crippen LogP) is 4.60. The highest BCUT2D eigenvalue weighted by Gasteiger charge is 2.16. The first kappa shape index (κ1) is 13.8. The van der Waals surface area contributed by atoms with Gasteiger partial charge in [-0.3, -0.25) is 4.79 Å². The molecule has 4 heteroatoms. The summed E-state index contributed by atoms with van der Waals surface area (Å²) in [4.78, 5) is 11.3. The Morgan fingerprint density at radius 2 is 2.00 bits per heavy atom. The molecule has 0 bridgehead atoms. The number of aryl methyl sites for hydroxylation is 1. The molecule has 0 N–H and O–H groups in total. The first-order chi connectivity index (χ1) is 10.1. The molecule has 0 atom stereocenters. The Morgan fingerprint density at radius 1 is 1.24 bits per heavy atom. The van der Waals surface area contributed by atoms with E-state index in [1.807, 2.05) is 25.1 Å². The van der Waals surface area contributed by atoms with Crippen LogP contribution in [0.2, 0.25) is 5.15 Å². The van der Waals surface area contributed by atoms with Gasteiger partial charge in [0.25, 0.3) is 0 Å². The number of aromatic nitrogens is 1. The molecule has 0 spiro atoms. The third kappa shape index (κ3) is 2.34. The summed E-state index contributed by atoms with van der Waals surface area (Å²) in [5, 5.41) is 1.14. The molecule has 3 aromatic rings. The van der Waals surface area contributed by atoms with E-state index in [4.69, 9.17) is 11.6 Å². The molecule has 0 radical (unpaired) electrons. The Balaban J connectivity index is 2.21. The summed E-state index contributed by atoms with van der Waals surface area (Å²) in [6.45, 7) is 2.25. The van der Waals surface area contributed by atoms with Crippen molar-refractivity contribution in [3.05, 3.63) is 70.1 Å². The van der Waals surface area contributed by atoms with Crippen molar-refractivity contribution in [1.29, 1.82) is 0 Å². The molecule has 2 nitrogen and oxygen atoms in total. The molecule has 1 heterocycles. The standard InChI is InChI=1S/C17H13ClFNO/c1-11-6-7-16-13(8-11)14(10-21)17(18)20(16)9-12-4-2-3-5-15(12)19/h2-8,10H,9H2,1H3. The summed E-state index contributed by atoms with van der Waals surface area (Å²) in [5.74, 6) is -0.282. The van der Waals surface area contributed by atoms with Gasteiger partial charge in [-0.2, -0.15) is 0 Å². The van der Waals surface area contributed by atoms with Gasteiger partial charge >= 0.3 is 0 Å². The maximum atomic E-state index is 13.8. The number of carbonyl (C=O) groups is 1. The number of hydrogen-bond acceptors (Lipinski definition) is 1. The summed E-state index contributed by atoms with van der Waals surface area (Å²) in [7, 11) is 0. The number of nitrogens with zero attached hydrogens (tertiary/aromatic N) is 1. The van der Waals surface area contributed by atoms with Crippen molar-refractivity contribution in [3.8, 4) is 0 Å². The number of hydrogen-bond donors (Lipinski definition) is 0. The molecule has 21 heavy (non-hydrogen) atoms. The van der Waals surface area contributed by atoms with Gasteiger partial charge in [-0.15, -0.1) is 0 Å². The van der Waals surface area contributed by atoms with E-state index in [1.165, 1.54) is 6.07 Å². The van der Waals surface area contributed by atoms with Gasteiger partial charge in [-0.25, -0.2) is 4.39 Å². The second-order valence-corrected chi connectivity index (χ2v) is 5.38. The van der Waals surface area contributed by atoms with Gasteiger partial charge in [-0.1, -0.05) is 41.4 Å². The summed E-state index contributed by atoms with van der Waals surface area (Å²) < 4.78 is 15.6. The van der Waals surface area contributed by atoms with Gasteiger partial charge < -0.3 is 4.57 Å². The number of carbonyl (C=O) groups excluding carboxylic acids is 1. The summed E-state index contributed by atoms with van der Waals surface area (Å²) in [5.41, 5.74) is 2.86. The molecule has 0 saturated heterocycles.